The van der Waals surface area contributed by atoms with Gasteiger partial charge in [-0.25, -0.2) is 0 Å². The molecule has 1 aliphatic heterocycles. The SMILES string of the molecule is OCCCC1CCCN1c1nc(Cl)nnc1Cl. The maximum absolute atomic E-state index is 8.88. The smallest absolute Gasteiger partial charge is 0.245 e. The third kappa shape index (κ3) is 2.97. The zero-order valence-electron chi connectivity index (χ0n) is 9.31. The molecule has 0 radical (unpaired) electrons. The Morgan fingerprint density at radius 2 is 2.18 bits per heavy atom. The highest BCUT2D eigenvalue weighted by Gasteiger charge is 2.27. The first kappa shape index (κ1) is 12.8. The summed E-state index contributed by atoms with van der Waals surface area (Å²) >= 11 is 11.7. The Balaban J connectivity index is 2.16. The van der Waals surface area contributed by atoms with Gasteiger partial charge in [0, 0.05) is 19.2 Å². The van der Waals surface area contributed by atoms with E-state index in [0.29, 0.717) is 11.9 Å². The van der Waals surface area contributed by atoms with Crippen molar-refractivity contribution >= 4 is 29.0 Å². The lowest BCUT2D eigenvalue weighted by molar-refractivity contribution is 0.279. The number of anilines is 1. The lowest BCUT2D eigenvalue weighted by Gasteiger charge is -2.25. The van der Waals surface area contributed by atoms with Crippen molar-refractivity contribution in [3.8, 4) is 0 Å². The molecule has 1 aromatic rings. The molecule has 5 nitrogen and oxygen atoms in total. The molecule has 1 aliphatic rings. The largest absolute Gasteiger partial charge is 0.396 e. The van der Waals surface area contributed by atoms with Crippen LogP contribution in [0.15, 0.2) is 0 Å². The summed E-state index contributed by atoms with van der Waals surface area (Å²) in [5, 5.41) is 16.6. The lowest BCUT2D eigenvalue weighted by atomic mass is 10.1. The molecule has 0 saturated carbocycles. The number of nitrogens with zero attached hydrogens (tertiary/aromatic N) is 4. The number of aromatic nitrogens is 3. The molecule has 2 heterocycles. The molecule has 1 unspecified atom stereocenters. The van der Waals surface area contributed by atoms with Crippen molar-refractivity contribution in [2.45, 2.75) is 31.7 Å². The van der Waals surface area contributed by atoms with Crippen LogP contribution in [0.3, 0.4) is 0 Å². The van der Waals surface area contributed by atoms with Crippen LogP contribution in [-0.4, -0.2) is 39.5 Å². The second-order valence-corrected chi connectivity index (χ2v) is 4.75. The van der Waals surface area contributed by atoms with Gasteiger partial charge < -0.3 is 10.0 Å². The first-order chi connectivity index (χ1) is 8.22. The van der Waals surface area contributed by atoms with Crippen molar-refractivity contribution in [2.24, 2.45) is 0 Å². The van der Waals surface area contributed by atoms with Crippen molar-refractivity contribution in [1.82, 2.24) is 15.2 Å². The van der Waals surface area contributed by atoms with E-state index in [1.807, 2.05) is 0 Å². The molecule has 2 rings (SSSR count). The summed E-state index contributed by atoms with van der Waals surface area (Å²) in [6.07, 6.45) is 3.88. The van der Waals surface area contributed by atoms with Gasteiger partial charge in [-0.2, -0.15) is 4.98 Å². The average molecular weight is 277 g/mol. The quantitative estimate of drug-likeness (QED) is 0.911. The van der Waals surface area contributed by atoms with Gasteiger partial charge in [-0.3, -0.25) is 0 Å². The lowest BCUT2D eigenvalue weighted by Crippen LogP contribution is -2.30. The van der Waals surface area contributed by atoms with Crippen molar-refractivity contribution in [3.05, 3.63) is 10.4 Å². The van der Waals surface area contributed by atoms with Gasteiger partial charge in [0.1, 0.15) is 0 Å². The van der Waals surface area contributed by atoms with E-state index in [0.717, 1.165) is 32.2 Å². The molecule has 0 bridgehead atoms. The topological polar surface area (TPSA) is 62.1 Å². The van der Waals surface area contributed by atoms with Crippen LogP contribution in [0.5, 0.6) is 0 Å². The highest BCUT2D eigenvalue weighted by Crippen LogP contribution is 2.30. The Kier molecular flexibility index (Phi) is 4.36. The van der Waals surface area contributed by atoms with Crippen LogP contribution in [0.1, 0.15) is 25.7 Å². The van der Waals surface area contributed by atoms with Gasteiger partial charge in [-0.05, 0) is 37.3 Å². The summed E-state index contributed by atoms with van der Waals surface area (Å²) in [5.41, 5.74) is 0. The second kappa shape index (κ2) is 5.80. The van der Waals surface area contributed by atoms with Crippen LogP contribution in [0.25, 0.3) is 0 Å². The Bertz CT molecular complexity index is 391. The summed E-state index contributed by atoms with van der Waals surface area (Å²) in [4.78, 5) is 6.25. The molecular weight excluding hydrogens is 263 g/mol. The maximum Gasteiger partial charge on any atom is 0.245 e. The molecule has 1 aromatic heterocycles. The minimum absolute atomic E-state index is 0.109. The fraction of sp³-hybridized carbons (Fsp3) is 0.700. The molecule has 1 N–H and O–H groups in total. The Labute approximate surface area is 110 Å². The van der Waals surface area contributed by atoms with E-state index in [2.05, 4.69) is 20.1 Å². The van der Waals surface area contributed by atoms with E-state index < -0.39 is 0 Å². The van der Waals surface area contributed by atoms with Crippen LogP contribution in [0, 0.1) is 0 Å². The van der Waals surface area contributed by atoms with Gasteiger partial charge in [0.05, 0.1) is 0 Å². The number of rotatable bonds is 4. The number of aliphatic hydroxyl groups is 1. The molecule has 1 saturated heterocycles. The van der Waals surface area contributed by atoms with E-state index in [4.69, 9.17) is 28.3 Å². The minimum atomic E-state index is 0.109. The zero-order chi connectivity index (χ0) is 12.3. The van der Waals surface area contributed by atoms with E-state index in [-0.39, 0.29) is 17.0 Å². The molecule has 1 fully saturated rings. The highest BCUT2D eigenvalue weighted by atomic mass is 35.5. The van der Waals surface area contributed by atoms with Crippen LogP contribution in [0.4, 0.5) is 5.82 Å². The van der Waals surface area contributed by atoms with Crippen molar-refractivity contribution in [3.63, 3.8) is 0 Å². The molecule has 7 heteroatoms. The van der Waals surface area contributed by atoms with Crippen LogP contribution in [0.2, 0.25) is 10.4 Å². The van der Waals surface area contributed by atoms with Gasteiger partial charge in [-0.1, -0.05) is 11.6 Å². The van der Waals surface area contributed by atoms with Crippen molar-refractivity contribution in [1.29, 1.82) is 0 Å². The zero-order valence-corrected chi connectivity index (χ0v) is 10.8. The van der Waals surface area contributed by atoms with Crippen molar-refractivity contribution < 1.29 is 5.11 Å². The molecule has 1 atom stereocenters. The van der Waals surface area contributed by atoms with E-state index in [1.54, 1.807) is 0 Å². The molecule has 0 spiro atoms. The fourth-order valence-electron chi connectivity index (χ4n) is 2.21. The number of aliphatic hydroxyl groups excluding tert-OH is 1. The summed E-state index contributed by atoms with van der Waals surface area (Å²) < 4.78 is 0. The van der Waals surface area contributed by atoms with E-state index in [1.165, 1.54) is 0 Å². The normalized spacial score (nSPS) is 19.9. The summed E-state index contributed by atoms with van der Waals surface area (Å²) in [6, 6.07) is 0.354. The van der Waals surface area contributed by atoms with Gasteiger partial charge in [-0.15, -0.1) is 10.2 Å². The van der Waals surface area contributed by atoms with E-state index >= 15 is 0 Å². The predicted octanol–water partition coefficient (Wildman–Crippen LogP) is 1.92. The Morgan fingerprint density at radius 3 is 2.94 bits per heavy atom. The van der Waals surface area contributed by atoms with Gasteiger partial charge in [0.15, 0.2) is 11.0 Å². The first-order valence-corrected chi connectivity index (χ1v) is 6.41. The second-order valence-electron chi connectivity index (χ2n) is 4.05. The third-order valence-corrected chi connectivity index (χ3v) is 3.35. The van der Waals surface area contributed by atoms with Gasteiger partial charge in [0.25, 0.3) is 0 Å². The fourth-order valence-corrected chi connectivity index (χ4v) is 2.52. The standard InChI is InChI=1S/C10H14Cl2N4O/c11-8-9(13-10(12)15-14-8)16-5-1-3-7(16)4-2-6-17/h7,17H,1-6H2. The summed E-state index contributed by atoms with van der Waals surface area (Å²) in [7, 11) is 0. The number of hydrogen-bond acceptors (Lipinski definition) is 5. The molecule has 94 valence electrons. The minimum Gasteiger partial charge on any atom is -0.396 e. The van der Waals surface area contributed by atoms with Crippen molar-refractivity contribution in [2.75, 3.05) is 18.1 Å². The molecular formula is C10H14Cl2N4O. The molecule has 0 amide bonds. The molecule has 0 aromatic carbocycles. The summed E-state index contributed by atoms with van der Waals surface area (Å²) in [5.74, 6) is 0.604. The third-order valence-electron chi connectivity index (χ3n) is 2.95. The number of hydrogen-bond donors (Lipinski definition) is 1. The maximum atomic E-state index is 8.88. The summed E-state index contributed by atoms with van der Waals surface area (Å²) in [6.45, 7) is 1.10. The van der Waals surface area contributed by atoms with Crippen LogP contribution in [-0.2, 0) is 0 Å². The highest BCUT2D eigenvalue weighted by molar-refractivity contribution is 6.32. The van der Waals surface area contributed by atoms with Crippen LogP contribution >= 0.6 is 23.2 Å². The Morgan fingerprint density at radius 1 is 1.35 bits per heavy atom. The Hall–Kier alpha value is -0.650. The first-order valence-electron chi connectivity index (χ1n) is 5.65. The monoisotopic (exact) mass is 276 g/mol. The molecule has 0 aliphatic carbocycles. The number of halogens is 2. The van der Waals surface area contributed by atoms with Gasteiger partial charge in [0.2, 0.25) is 5.28 Å². The predicted molar refractivity (Wildman–Crippen MR) is 66.5 cm³/mol. The van der Waals surface area contributed by atoms with Crippen LogP contribution < -0.4 is 4.90 Å². The average Bonchev–Trinajstić information content (AvgIpc) is 2.77. The van der Waals surface area contributed by atoms with E-state index in [9.17, 15) is 0 Å². The molecule has 17 heavy (non-hydrogen) atoms. The van der Waals surface area contributed by atoms with Gasteiger partial charge >= 0.3 is 0 Å².